The summed E-state index contributed by atoms with van der Waals surface area (Å²) in [5.74, 6) is -0.278. The molecule has 0 saturated heterocycles. The van der Waals surface area contributed by atoms with E-state index in [4.69, 9.17) is 0 Å². The highest BCUT2D eigenvalue weighted by atomic mass is 32.2. The maximum atomic E-state index is 13.0. The predicted octanol–water partition coefficient (Wildman–Crippen LogP) is 4.44. The van der Waals surface area contributed by atoms with Crippen LogP contribution in [0.3, 0.4) is 0 Å². The van der Waals surface area contributed by atoms with E-state index in [0.29, 0.717) is 5.56 Å². The molecule has 2 rings (SSSR count). The molecule has 7 heteroatoms. The van der Waals surface area contributed by atoms with Crippen LogP contribution in [-0.4, -0.2) is 19.7 Å². The number of nitrogens with one attached hydrogen (secondary N) is 1. The van der Waals surface area contributed by atoms with Crippen molar-refractivity contribution >= 4 is 16.2 Å². The second kappa shape index (κ2) is 7.54. The minimum absolute atomic E-state index is 0.0810. The van der Waals surface area contributed by atoms with Crippen molar-refractivity contribution in [3.05, 3.63) is 58.9 Å². The lowest BCUT2D eigenvalue weighted by atomic mass is 9.78. The fraction of sp³-hybridized carbons (Fsp3) is 0.381. The lowest BCUT2D eigenvalue weighted by molar-refractivity contribution is 0.423. The number of aromatic hydroxyl groups is 1. The zero-order valence-electron chi connectivity index (χ0n) is 17.0. The third-order valence-electron chi connectivity index (χ3n) is 4.26. The van der Waals surface area contributed by atoms with E-state index in [9.17, 15) is 17.9 Å². The van der Waals surface area contributed by atoms with Gasteiger partial charge in [0, 0.05) is 11.1 Å². The van der Waals surface area contributed by atoms with Gasteiger partial charge in [-0.05, 0) is 52.8 Å². The van der Waals surface area contributed by atoms with Gasteiger partial charge in [-0.3, -0.25) is 0 Å². The molecule has 152 valence electrons. The standard InChI is InChI=1S/C21H27FN2O3S/c1-20(2,3)17-11-14(12-18(19(17)25)21(4,5)6)13-23-24-28(26,27)16-9-7-15(22)8-10-16/h7-13,24-25H,1-6H3/b23-13+. The van der Waals surface area contributed by atoms with Crippen LogP contribution >= 0.6 is 0 Å². The van der Waals surface area contributed by atoms with E-state index in [-0.39, 0.29) is 21.5 Å². The molecule has 0 spiro atoms. The number of sulfonamides is 1. The molecule has 2 aromatic rings. The first kappa shape index (κ1) is 21.9. The lowest BCUT2D eigenvalue weighted by Crippen LogP contribution is -2.19. The molecule has 0 fully saturated rings. The molecule has 2 aromatic carbocycles. The lowest BCUT2D eigenvalue weighted by Gasteiger charge is -2.27. The topological polar surface area (TPSA) is 78.8 Å². The van der Waals surface area contributed by atoms with E-state index >= 15 is 0 Å². The molecule has 0 radical (unpaired) electrons. The summed E-state index contributed by atoms with van der Waals surface area (Å²) >= 11 is 0. The number of hydrogen-bond donors (Lipinski definition) is 2. The van der Waals surface area contributed by atoms with E-state index < -0.39 is 15.8 Å². The molecule has 0 amide bonds. The molecule has 0 bridgehead atoms. The summed E-state index contributed by atoms with van der Waals surface area (Å²) in [5, 5.41) is 14.6. The minimum Gasteiger partial charge on any atom is -0.507 e. The van der Waals surface area contributed by atoms with Gasteiger partial charge in [-0.25, -0.2) is 9.22 Å². The Kier molecular flexibility index (Phi) is 5.90. The van der Waals surface area contributed by atoms with Gasteiger partial charge in [-0.1, -0.05) is 41.5 Å². The second-order valence-corrected chi connectivity index (χ2v) is 10.4. The smallest absolute Gasteiger partial charge is 0.276 e. The zero-order chi connectivity index (χ0) is 21.3. The molecular weight excluding hydrogens is 379 g/mol. The van der Waals surface area contributed by atoms with Gasteiger partial charge in [0.25, 0.3) is 10.0 Å². The van der Waals surface area contributed by atoms with Crippen LogP contribution in [0.15, 0.2) is 46.4 Å². The molecular formula is C21H27FN2O3S. The Morgan fingerprint density at radius 1 is 0.964 bits per heavy atom. The molecule has 5 nitrogen and oxygen atoms in total. The van der Waals surface area contributed by atoms with Gasteiger partial charge in [0.15, 0.2) is 0 Å². The number of hydrazone groups is 1. The summed E-state index contributed by atoms with van der Waals surface area (Å²) < 4.78 is 37.5. The van der Waals surface area contributed by atoms with Crippen LogP contribution in [0, 0.1) is 5.82 Å². The summed E-state index contributed by atoms with van der Waals surface area (Å²) in [4.78, 5) is 2.05. The molecule has 0 aliphatic carbocycles. The van der Waals surface area contributed by atoms with Gasteiger partial charge in [0.1, 0.15) is 11.6 Å². The number of benzene rings is 2. The molecule has 0 unspecified atom stereocenters. The maximum absolute atomic E-state index is 13.0. The average Bonchev–Trinajstić information content (AvgIpc) is 2.54. The summed E-state index contributed by atoms with van der Waals surface area (Å²) in [6.07, 6.45) is 1.39. The number of phenolic OH excluding ortho intramolecular Hbond substituents is 1. The van der Waals surface area contributed by atoms with Gasteiger partial charge in [0.05, 0.1) is 11.1 Å². The largest absolute Gasteiger partial charge is 0.507 e. The maximum Gasteiger partial charge on any atom is 0.276 e. The minimum atomic E-state index is -3.90. The van der Waals surface area contributed by atoms with E-state index in [2.05, 4.69) is 9.93 Å². The van der Waals surface area contributed by atoms with Crippen molar-refractivity contribution in [2.45, 2.75) is 57.3 Å². The summed E-state index contributed by atoms with van der Waals surface area (Å²) in [7, 11) is -3.90. The first-order valence-electron chi connectivity index (χ1n) is 8.90. The monoisotopic (exact) mass is 406 g/mol. The highest BCUT2D eigenvalue weighted by molar-refractivity contribution is 7.89. The summed E-state index contributed by atoms with van der Waals surface area (Å²) in [5.41, 5.74) is 1.56. The highest BCUT2D eigenvalue weighted by Crippen LogP contribution is 2.39. The molecule has 0 saturated carbocycles. The van der Waals surface area contributed by atoms with Gasteiger partial charge in [-0.2, -0.15) is 13.5 Å². The summed E-state index contributed by atoms with van der Waals surface area (Å²) in [6, 6.07) is 8.07. The van der Waals surface area contributed by atoms with Crippen LogP contribution in [0.1, 0.15) is 58.2 Å². The molecule has 0 aromatic heterocycles. The Hall–Kier alpha value is -2.41. The van der Waals surface area contributed by atoms with Crippen molar-refractivity contribution < 1.29 is 17.9 Å². The van der Waals surface area contributed by atoms with Gasteiger partial charge in [-0.15, -0.1) is 0 Å². The Bertz CT molecular complexity index is 949. The van der Waals surface area contributed by atoms with Gasteiger partial charge in [0.2, 0.25) is 0 Å². The van der Waals surface area contributed by atoms with E-state index in [0.717, 1.165) is 23.3 Å². The second-order valence-electron chi connectivity index (χ2n) is 8.77. The van der Waals surface area contributed by atoms with E-state index in [1.807, 2.05) is 41.5 Å². The Labute approximate surface area is 166 Å². The first-order valence-corrected chi connectivity index (χ1v) is 10.4. The number of rotatable bonds is 4. The average molecular weight is 407 g/mol. The SMILES string of the molecule is CC(C)(C)c1cc(/C=N/NS(=O)(=O)c2ccc(F)cc2)cc(C(C)(C)C)c1O. The number of nitrogens with zero attached hydrogens (tertiary/aromatic N) is 1. The van der Waals surface area contributed by atoms with E-state index in [1.165, 1.54) is 18.3 Å². The Balaban J connectivity index is 2.39. The van der Waals surface area contributed by atoms with Crippen molar-refractivity contribution in [3.8, 4) is 5.75 Å². The van der Waals surface area contributed by atoms with Crippen molar-refractivity contribution in [2.24, 2.45) is 5.10 Å². The molecule has 0 atom stereocenters. The summed E-state index contributed by atoms with van der Waals surface area (Å²) in [6.45, 7) is 12.0. The molecule has 0 aliphatic heterocycles. The van der Waals surface area contributed by atoms with Crippen LogP contribution in [0.5, 0.6) is 5.75 Å². The van der Waals surface area contributed by atoms with Crippen LogP contribution in [-0.2, 0) is 20.9 Å². The van der Waals surface area contributed by atoms with Crippen LogP contribution < -0.4 is 4.83 Å². The molecule has 28 heavy (non-hydrogen) atoms. The fourth-order valence-corrected chi connectivity index (χ4v) is 3.50. The highest BCUT2D eigenvalue weighted by Gasteiger charge is 2.26. The van der Waals surface area contributed by atoms with Crippen LogP contribution in [0.25, 0.3) is 0 Å². The molecule has 0 aliphatic rings. The van der Waals surface area contributed by atoms with Crippen molar-refractivity contribution in [1.82, 2.24) is 4.83 Å². The van der Waals surface area contributed by atoms with Crippen molar-refractivity contribution in [1.29, 1.82) is 0 Å². The molecule has 0 heterocycles. The van der Waals surface area contributed by atoms with Gasteiger partial charge >= 0.3 is 0 Å². The zero-order valence-corrected chi connectivity index (χ0v) is 17.9. The van der Waals surface area contributed by atoms with E-state index in [1.54, 1.807) is 12.1 Å². The Morgan fingerprint density at radius 3 is 1.86 bits per heavy atom. The number of hydrogen-bond acceptors (Lipinski definition) is 4. The van der Waals surface area contributed by atoms with Crippen LogP contribution in [0.2, 0.25) is 0 Å². The third-order valence-corrected chi connectivity index (χ3v) is 5.50. The predicted molar refractivity (Wildman–Crippen MR) is 110 cm³/mol. The third kappa shape index (κ3) is 5.10. The number of phenols is 1. The fourth-order valence-electron chi connectivity index (χ4n) is 2.71. The number of halogens is 1. The Morgan fingerprint density at radius 2 is 1.43 bits per heavy atom. The van der Waals surface area contributed by atoms with Crippen LogP contribution in [0.4, 0.5) is 4.39 Å². The van der Waals surface area contributed by atoms with Crippen molar-refractivity contribution in [2.75, 3.05) is 0 Å². The first-order chi connectivity index (χ1) is 12.7. The quantitative estimate of drug-likeness (QED) is 0.582. The van der Waals surface area contributed by atoms with Gasteiger partial charge < -0.3 is 5.11 Å². The van der Waals surface area contributed by atoms with Crippen molar-refractivity contribution in [3.63, 3.8) is 0 Å². The normalized spacial score (nSPS) is 13.1. The molecule has 2 N–H and O–H groups in total.